The lowest BCUT2D eigenvalue weighted by Gasteiger charge is -2.43. The van der Waals surface area contributed by atoms with Gasteiger partial charge in [0.15, 0.2) is 0 Å². The second kappa shape index (κ2) is 5.39. The molecular formula is C19H19F3N2O3. The number of alkyl carbamates (subject to hydrolysis) is 1. The Kier molecular flexibility index (Phi) is 3.37. The molecule has 2 heterocycles. The molecule has 4 aliphatic rings. The van der Waals surface area contributed by atoms with Crippen LogP contribution in [0.15, 0.2) is 24.3 Å². The second-order valence-corrected chi connectivity index (χ2v) is 8.30. The first kappa shape index (κ1) is 16.9. The molecule has 1 aromatic rings. The number of amides is 2. The van der Waals surface area contributed by atoms with E-state index in [0.717, 1.165) is 17.7 Å². The lowest BCUT2D eigenvalue weighted by Crippen LogP contribution is -2.58. The highest BCUT2D eigenvalue weighted by molar-refractivity contribution is 5.82. The lowest BCUT2D eigenvalue weighted by atomic mass is 9.68. The summed E-state index contributed by atoms with van der Waals surface area (Å²) in [6.45, 7) is 1.67. The van der Waals surface area contributed by atoms with Gasteiger partial charge in [-0.15, -0.1) is 0 Å². The topological polar surface area (TPSA) is 58.6 Å². The number of carbonyl (C=O) groups is 2. The highest BCUT2D eigenvalue weighted by Crippen LogP contribution is 2.58. The van der Waals surface area contributed by atoms with E-state index in [9.17, 15) is 22.8 Å². The second-order valence-electron chi connectivity index (χ2n) is 8.30. The molecule has 27 heavy (non-hydrogen) atoms. The SMILES string of the molecule is O=C1NC2(CO1)CC(C(=O)N1C[C@@H]3C(c4ccc(C(F)(F)F)cc4)[C@@H]3C1)C2. The van der Waals surface area contributed by atoms with Crippen LogP contribution in [0, 0.1) is 17.8 Å². The van der Waals surface area contributed by atoms with Gasteiger partial charge in [0.05, 0.1) is 11.1 Å². The van der Waals surface area contributed by atoms with Crippen molar-refractivity contribution in [3.05, 3.63) is 35.4 Å². The van der Waals surface area contributed by atoms with Crippen LogP contribution in [-0.2, 0) is 15.7 Å². The average molecular weight is 380 g/mol. The quantitative estimate of drug-likeness (QED) is 0.858. The van der Waals surface area contributed by atoms with Crippen molar-refractivity contribution in [1.82, 2.24) is 10.2 Å². The van der Waals surface area contributed by atoms with Gasteiger partial charge in [0.1, 0.15) is 6.61 Å². The van der Waals surface area contributed by atoms with E-state index in [2.05, 4.69) is 5.32 Å². The number of ether oxygens (including phenoxy) is 1. The molecule has 2 saturated carbocycles. The predicted octanol–water partition coefficient (Wildman–Crippen LogP) is 2.77. The van der Waals surface area contributed by atoms with E-state index in [1.54, 1.807) is 12.1 Å². The number of rotatable bonds is 2. The number of nitrogens with zero attached hydrogens (tertiary/aromatic N) is 1. The normalized spacial score (nSPS) is 36.9. The summed E-state index contributed by atoms with van der Waals surface area (Å²) in [7, 11) is 0. The molecule has 144 valence electrons. The van der Waals surface area contributed by atoms with Crippen molar-refractivity contribution in [2.75, 3.05) is 19.7 Å². The van der Waals surface area contributed by atoms with Crippen molar-refractivity contribution in [3.63, 3.8) is 0 Å². The smallest absolute Gasteiger partial charge is 0.416 e. The van der Waals surface area contributed by atoms with E-state index in [-0.39, 0.29) is 23.3 Å². The van der Waals surface area contributed by atoms with Crippen LogP contribution < -0.4 is 5.32 Å². The van der Waals surface area contributed by atoms with Crippen molar-refractivity contribution in [2.45, 2.75) is 30.5 Å². The summed E-state index contributed by atoms with van der Waals surface area (Å²) in [5, 5.41) is 2.79. The van der Waals surface area contributed by atoms with Gasteiger partial charge in [-0.05, 0) is 48.3 Å². The van der Waals surface area contributed by atoms with Gasteiger partial charge in [0.2, 0.25) is 5.91 Å². The Balaban J connectivity index is 1.16. The Bertz CT molecular complexity index is 789. The molecule has 3 atom stereocenters. The highest BCUT2D eigenvalue weighted by Gasteiger charge is 2.59. The molecule has 4 fully saturated rings. The first-order valence-electron chi connectivity index (χ1n) is 9.17. The summed E-state index contributed by atoms with van der Waals surface area (Å²) < 4.78 is 43.0. The van der Waals surface area contributed by atoms with E-state index in [4.69, 9.17) is 4.74 Å². The number of piperidine rings is 1. The van der Waals surface area contributed by atoms with Gasteiger partial charge in [0, 0.05) is 19.0 Å². The molecule has 8 heteroatoms. The molecule has 5 nitrogen and oxygen atoms in total. The molecule has 2 amide bonds. The fraction of sp³-hybridized carbons (Fsp3) is 0.579. The van der Waals surface area contributed by atoms with Crippen molar-refractivity contribution in [1.29, 1.82) is 0 Å². The molecule has 5 rings (SSSR count). The Labute approximate surface area is 153 Å². The molecule has 1 aromatic carbocycles. The van der Waals surface area contributed by atoms with E-state index in [0.29, 0.717) is 44.4 Å². The zero-order valence-electron chi connectivity index (χ0n) is 14.5. The highest BCUT2D eigenvalue weighted by atomic mass is 19.4. The summed E-state index contributed by atoms with van der Waals surface area (Å²) in [5.41, 5.74) is -0.0581. The van der Waals surface area contributed by atoms with Crippen LogP contribution in [0.3, 0.4) is 0 Å². The number of hydrogen-bond donors (Lipinski definition) is 1. The van der Waals surface area contributed by atoms with Gasteiger partial charge in [0.25, 0.3) is 0 Å². The molecular weight excluding hydrogens is 361 g/mol. The predicted molar refractivity (Wildman–Crippen MR) is 87.7 cm³/mol. The van der Waals surface area contributed by atoms with Crippen molar-refractivity contribution in [2.24, 2.45) is 17.8 Å². The number of benzene rings is 1. The molecule has 0 radical (unpaired) electrons. The van der Waals surface area contributed by atoms with Crippen LogP contribution in [0.1, 0.15) is 29.9 Å². The summed E-state index contributed by atoms with van der Waals surface area (Å²) in [6, 6.07) is 5.41. The number of likely N-dealkylation sites (tertiary alicyclic amines) is 1. The summed E-state index contributed by atoms with van der Waals surface area (Å²) >= 11 is 0. The zero-order valence-corrected chi connectivity index (χ0v) is 14.5. The molecule has 2 saturated heterocycles. The maximum atomic E-state index is 12.7. The minimum Gasteiger partial charge on any atom is -0.447 e. The van der Waals surface area contributed by atoms with E-state index in [1.807, 2.05) is 4.90 Å². The molecule has 1 N–H and O–H groups in total. The van der Waals surface area contributed by atoms with Gasteiger partial charge in [-0.1, -0.05) is 12.1 Å². The Hall–Kier alpha value is -2.25. The van der Waals surface area contributed by atoms with E-state index < -0.39 is 17.8 Å². The average Bonchev–Trinajstić information content (AvgIpc) is 2.93. The molecule has 0 bridgehead atoms. The minimum atomic E-state index is -4.31. The number of hydrogen-bond acceptors (Lipinski definition) is 3. The number of carbonyl (C=O) groups excluding carboxylic acids is 2. The molecule has 2 aliphatic heterocycles. The summed E-state index contributed by atoms with van der Waals surface area (Å²) in [6.07, 6.45) is -3.49. The molecule has 1 spiro atoms. The molecule has 1 unspecified atom stereocenters. The van der Waals surface area contributed by atoms with Gasteiger partial charge < -0.3 is 15.0 Å². The largest absolute Gasteiger partial charge is 0.447 e. The van der Waals surface area contributed by atoms with E-state index >= 15 is 0 Å². The van der Waals surface area contributed by atoms with Gasteiger partial charge >= 0.3 is 12.3 Å². The van der Waals surface area contributed by atoms with Crippen molar-refractivity contribution in [3.8, 4) is 0 Å². The maximum Gasteiger partial charge on any atom is 0.416 e. The van der Waals surface area contributed by atoms with Gasteiger partial charge in [-0.2, -0.15) is 13.2 Å². The number of alkyl halides is 3. The van der Waals surface area contributed by atoms with E-state index in [1.165, 1.54) is 0 Å². The zero-order chi connectivity index (χ0) is 19.0. The van der Waals surface area contributed by atoms with Gasteiger partial charge in [-0.3, -0.25) is 4.79 Å². The molecule has 2 aliphatic carbocycles. The summed E-state index contributed by atoms with van der Waals surface area (Å²) in [5.74, 6) is 0.990. The first-order chi connectivity index (χ1) is 12.8. The van der Waals surface area contributed by atoms with Gasteiger partial charge in [-0.25, -0.2) is 4.79 Å². The Morgan fingerprint density at radius 1 is 1.15 bits per heavy atom. The fourth-order valence-corrected chi connectivity index (χ4v) is 5.12. The summed E-state index contributed by atoms with van der Waals surface area (Å²) in [4.78, 5) is 25.7. The number of halogens is 3. The standard InChI is InChI=1S/C19H19F3N2O3/c20-19(21,22)12-3-1-10(2-4-12)15-13-7-24(8-14(13)15)16(25)11-5-18(6-11)9-27-17(26)23-18/h1-4,11,13-15H,5-9H2,(H,23,26)/t11?,13-,14+,15?,18?. The van der Waals surface area contributed by atoms with Crippen molar-refractivity contribution < 1.29 is 27.5 Å². The first-order valence-corrected chi connectivity index (χ1v) is 9.17. The van der Waals surface area contributed by atoms with Crippen LogP contribution in [-0.4, -0.2) is 42.1 Å². The third-order valence-corrected chi connectivity index (χ3v) is 6.60. The number of nitrogens with one attached hydrogen (secondary N) is 1. The van der Waals surface area contributed by atoms with Crippen molar-refractivity contribution >= 4 is 12.0 Å². The lowest BCUT2D eigenvalue weighted by molar-refractivity contribution is -0.140. The van der Waals surface area contributed by atoms with Crippen LogP contribution in [0.4, 0.5) is 18.0 Å². The number of fused-ring (bicyclic) bond motifs is 1. The molecule has 0 aromatic heterocycles. The minimum absolute atomic E-state index is 0.0750. The maximum absolute atomic E-state index is 12.7. The Morgan fingerprint density at radius 2 is 1.78 bits per heavy atom. The van der Waals surface area contributed by atoms with Crippen LogP contribution in [0.25, 0.3) is 0 Å². The monoisotopic (exact) mass is 380 g/mol. The number of cyclic esters (lactones) is 1. The third kappa shape index (κ3) is 2.68. The third-order valence-electron chi connectivity index (χ3n) is 6.60. The van der Waals surface area contributed by atoms with Crippen LogP contribution >= 0.6 is 0 Å². The fourth-order valence-electron chi connectivity index (χ4n) is 5.12. The van der Waals surface area contributed by atoms with Crippen LogP contribution in [0.2, 0.25) is 0 Å². The van der Waals surface area contributed by atoms with Crippen LogP contribution in [0.5, 0.6) is 0 Å². The Morgan fingerprint density at radius 3 is 2.30 bits per heavy atom.